The molecule has 1 aliphatic rings. The second-order valence-corrected chi connectivity index (χ2v) is 5.64. The SMILES string of the molecule is CC(C)(C)OC(=O)Nc1cc(F)cc2c1CNCC2. The average molecular weight is 266 g/mol. The Morgan fingerprint density at radius 3 is 2.84 bits per heavy atom. The van der Waals surface area contributed by atoms with Gasteiger partial charge in [-0.1, -0.05) is 0 Å². The number of carbonyl (C=O) groups is 1. The molecule has 4 nitrogen and oxygen atoms in total. The van der Waals surface area contributed by atoms with Crippen LogP contribution in [-0.2, 0) is 17.7 Å². The van der Waals surface area contributed by atoms with E-state index in [1.165, 1.54) is 12.1 Å². The van der Waals surface area contributed by atoms with Gasteiger partial charge in [-0.2, -0.15) is 0 Å². The van der Waals surface area contributed by atoms with Gasteiger partial charge in [-0.25, -0.2) is 9.18 Å². The number of halogens is 1. The van der Waals surface area contributed by atoms with E-state index in [9.17, 15) is 9.18 Å². The second-order valence-electron chi connectivity index (χ2n) is 5.64. The van der Waals surface area contributed by atoms with Crippen molar-refractivity contribution in [3.63, 3.8) is 0 Å². The fourth-order valence-electron chi connectivity index (χ4n) is 2.09. The largest absolute Gasteiger partial charge is 0.444 e. The summed E-state index contributed by atoms with van der Waals surface area (Å²) in [7, 11) is 0. The summed E-state index contributed by atoms with van der Waals surface area (Å²) in [5.41, 5.74) is 1.77. The van der Waals surface area contributed by atoms with E-state index in [0.29, 0.717) is 12.2 Å². The van der Waals surface area contributed by atoms with E-state index in [1.807, 2.05) is 0 Å². The predicted molar refractivity (Wildman–Crippen MR) is 71.7 cm³/mol. The van der Waals surface area contributed by atoms with Crippen molar-refractivity contribution < 1.29 is 13.9 Å². The van der Waals surface area contributed by atoms with Gasteiger partial charge >= 0.3 is 6.09 Å². The lowest BCUT2D eigenvalue weighted by Crippen LogP contribution is -2.29. The molecule has 0 aliphatic carbocycles. The first-order valence-electron chi connectivity index (χ1n) is 6.37. The van der Waals surface area contributed by atoms with Crippen LogP contribution in [0.4, 0.5) is 14.9 Å². The Kier molecular flexibility index (Phi) is 3.75. The molecule has 19 heavy (non-hydrogen) atoms. The summed E-state index contributed by atoms with van der Waals surface area (Å²) in [4.78, 5) is 11.7. The molecule has 0 radical (unpaired) electrons. The number of hydrogen-bond acceptors (Lipinski definition) is 3. The molecule has 2 N–H and O–H groups in total. The van der Waals surface area contributed by atoms with Crippen molar-refractivity contribution in [1.82, 2.24) is 5.32 Å². The van der Waals surface area contributed by atoms with Crippen LogP contribution in [0.2, 0.25) is 0 Å². The van der Waals surface area contributed by atoms with Crippen LogP contribution < -0.4 is 10.6 Å². The van der Waals surface area contributed by atoms with Crippen molar-refractivity contribution in [2.75, 3.05) is 11.9 Å². The molecule has 0 bridgehead atoms. The van der Waals surface area contributed by atoms with Crippen molar-refractivity contribution >= 4 is 11.8 Å². The number of rotatable bonds is 1. The highest BCUT2D eigenvalue weighted by Gasteiger charge is 2.20. The normalized spacial score (nSPS) is 14.7. The molecule has 0 fully saturated rings. The van der Waals surface area contributed by atoms with Crippen LogP contribution in [0.1, 0.15) is 31.9 Å². The Morgan fingerprint density at radius 1 is 1.42 bits per heavy atom. The van der Waals surface area contributed by atoms with E-state index in [4.69, 9.17) is 4.74 Å². The molecule has 1 amide bonds. The highest BCUT2D eigenvalue weighted by atomic mass is 19.1. The maximum Gasteiger partial charge on any atom is 0.412 e. The first-order valence-corrected chi connectivity index (χ1v) is 6.37. The quantitative estimate of drug-likeness (QED) is 0.821. The van der Waals surface area contributed by atoms with Gasteiger partial charge in [0.2, 0.25) is 0 Å². The van der Waals surface area contributed by atoms with E-state index < -0.39 is 11.7 Å². The van der Waals surface area contributed by atoms with Crippen molar-refractivity contribution in [3.05, 3.63) is 29.1 Å². The molecular weight excluding hydrogens is 247 g/mol. The Bertz CT molecular complexity index is 495. The van der Waals surface area contributed by atoms with Crippen LogP contribution in [0, 0.1) is 5.82 Å². The van der Waals surface area contributed by atoms with E-state index in [2.05, 4.69) is 10.6 Å². The Morgan fingerprint density at radius 2 is 2.16 bits per heavy atom. The number of benzene rings is 1. The molecule has 0 saturated carbocycles. The maximum atomic E-state index is 13.5. The minimum absolute atomic E-state index is 0.341. The Balaban J connectivity index is 2.20. The van der Waals surface area contributed by atoms with E-state index >= 15 is 0 Å². The molecule has 0 unspecified atom stereocenters. The molecule has 0 atom stereocenters. The fraction of sp³-hybridized carbons (Fsp3) is 0.500. The lowest BCUT2D eigenvalue weighted by atomic mass is 9.99. The highest BCUT2D eigenvalue weighted by Crippen LogP contribution is 2.25. The van der Waals surface area contributed by atoms with Gasteiger partial charge in [0.25, 0.3) is 0 Å². The first kappa shape index (κ1) is 13.8. The third-order valence-corrected chi connectivity index (χ3v) is 2.82. The van der Waals surface area contributed by atoms with Crippen molar-refractivity contribution in [1.29, 1.82) is 0 Å². The zero-order valence-electron chi connectivity index (χ0n) is 11.5. The van der Waals surface area contributed by atoms with Crippen LogP contribution >= 0.6 is 0 Å². The van der Waals surface area contributed by atoms with Gasteiger partial charge in [0.05, 0.1) is 5.69 Å². The molecular formula is C14H19FN2O2. The van der Waals surface area contributed by atoms with E-state index in [0.717, 1.165) is 24.1 Å². The number of carbonyl (C=O) groups excluding carboxylic acids is 1. The van der Waals surface area contributed by atoms with Gasteiger partial charge < -0.3 is 10.1 Å². The van der Waals surface area contributed by atoms with E-state index in [-0.39, 0.29) is 5.82 Å². The number of fused-ring (bicyclic) bond motifs is 1. The Hall–Kier alpha value is -1.62. The van der Waals surface area contributed by atoms with Crippen molar-refractivity contribution in [2.45, 2.75) is 39.3 Å². The summed E-state index contributed by atoms with van der Waals surface area (Å²) in [6.45, 7) is 6.81. The van der Waals surface area contributed by atoms with Gasteiger partial charge in [0, 0.05) is 6.54 Å². The number of ether oxygens (including phenoxy) is 1. The Labute approximate surface area is 112 Å². The zero-order chi connectivity index (χ0) is 14.0. The molecule has 1 aromatic rings. The lowest BCUT2D eigenvalue weighted by molar-refractivity contribution is 0.0635. The van der Waals surface area contributed by atoms with Crippen LogP contribution in [-0.4, -0.2) is 18.2 Å². The maximum absolute atomic E-state index is 13.5. The summed E-state index contributed by atoms with van der Waals surface area (Å²) in [6.07, 6.45) is 0.196. The van der Waals surface area contributed by atoms with E-state index in [1.54, 1.807) is 20.8 Å². The molecule has 2 rings (SSSR count). The van der Waals surface area contributed by atoms with Gasteiger partial charge in [0.1, 0.15) is 11.4 Å². The fourth-order valence-corrected chi connectivity index (χ4v) is 2.09. The summed E-state index contributed by atoms with van der Waals surface area (Å²) in [6, 6.07) is 2.85. The van der Waals surface area contributed by atoms with Crippen molar-refractivity contribution in [2.24, 2.45) is 0 Å². The summed E-state index contributed by atoms with van der Waals surface area (Å²) >= 11 is 0. The molecule has 1 heterocycles. The second kappa shape index (κ2) is 5.17. The molecule has 5 heteroatoms. The lowest BCUT2D eigenvalue weighted by Gasteiger charge is -2.23. The smallest absolute Gasteiger partial charge is 0.412 e. The molecule has 104 valence electrons. The molecule has 0 aromatic heterocycles. The number of amides is 1. The van der Waals surface area contributed by atoms with Gasteiger partial charge in [0.15, 0.2) is 0 Å². The minimum atomic E-state index is -0.574. The van der Waals surface area contributed by atoms with Crippen LogP contribution in [0.25, 0.3) is 0 Å². The van der Waals surface area contributed by atoms with Crippen LogP contribution in [0.15, 0.2) is 12.1 Å². The molecule has 1 aliphatic heterocycles. The van der Waals surface area contributed by atoms with Crippen LogP contribution in [0.5, 0.6) is 0 Å². The third-order valence-electron chi connectivity index (χ3n) is 2.82. The predicted octanol–water partition coefficient (Wildman–Crippen LogP) is 2.82. The number of anilines is 1. The summed E-state index contributed by atoms with van der Waals surface area (Å²) < 4.78 is 18.7. The zero-order valence-corrected chi connectivity index (χ0v) is 11.5. The molecule has 0 spiro atoms. The summed E-state index contributed by atoms with van der Waals surface area (Å²) in [5, 5.41) is 5.83. The molecule has 1 aromatic carbocycles. The number of hydrogen-bond donors (Lipinski definition) is 2. The number of nitrogens with one attached hydrogen (secondary N) is 2. The first-order chi connectivity index (χ1) is 8.85. The highest BCUT2D eigenvalue weighted by molar-refractivity contribution is 5.86. The topological polar surface area (TPSA) is 50.4 Å². The van der Waals surface area contributed by atoms with Crippen LogP contribution in [0.3, 0.4) is 0 Å². The van der Waals surface area contributed by atoms with Crippen molar-refractivity contribution in [3.8, 4) is 0 Å². The third kappa shape index (κ3) is 3.67. The monoisotopic (exact) mass is 266 g/mol. The average Bonchev–Trinajstić information content (AvgIpc) is 2.25. The molecule has 0 saturated heterocycles. The van der Waals surface area contributed by atoms with Gasteiger partial charge in [-0.15, -0.1) is 0 Å². The summed E-state index contributed by atoms with van der Waals surface area (Å²) in [5.74, 6) is -0.341. The van der Waals surface area contributed by atoms with Gasteiger partial charge in [-0.3, -0.25) is 5.32 Å². The standard InChI is InChI=1S/C14H19FN2O2/c1-14(2,3)19-13(18)17-12-7-10(15)6-9-4-5-16-8-11(9)12/h6-7,16H,4-5,8H2,1-3H3,(H,17,18). The van der Waals surface area contributed by atoms with Gasteiger partial charge in [-0.05, 0) is 57.0 Å². The minimum Gasteiger partial charge on any atom is -0.444 e.